The average molecular weight is 1740 g/mol. The molecule has 0 saturated carbocycles. The van der Waals surface area contributed by atoms with Gasteiger partial charge in [-0.2, -0.15) is 0 Å². The maximum absolute atomic E-state index is 13.3. The number of fused-ring (bicyclic) bond motifs is 3. The number of Topliss-reactive ketones (excluding diaryl/α,β-unsaturated/α-hetero) is 2. The van der Waals surface area contributed by atoms with Gasteiger partial charge in [0.25, 0.3) is 0 Å². The van der Waals surface area contributed by atoms with Crippen LogP contribution in [0.1, 0.15) is 155 Å². The van der Waals surface area contributed by atoms with Gasteiger partial charge in [0.2, 0.25) is 0 Å². The van der Waals surface area contributed by atoms with Crippen molar-refractivity contribution in [3.63, 3.8) is 0 Å². The van der Waals surface area contributed by atoms with Crippen molar-refractivity contribution in [3.8, 4) is 0 Å². The number of benzene rings is 3. The number of hydrogen-bond acceptors (Lipinski definition) is 24. The number of rotatable bonds is 13. The first-order chi connectivity index (χ1) is 55.0. The molecule has 0 radical (unpaired) electrons. The van der Waals surface area contributed by atoms with Gasteiger partial charge < -0.3 is 37.1 Å². The molecule has 6 aliphatic rings. The molecule has 0 bridgehead atoms. The van der Waals surface area contributed by atoms with Crippen molar-refractivity contribution in [2.75, 3.05) is 113 Å². The van der Waals surface area contributed by atoms with E-state index in [-0.39, 0.29) is 99.4 Å². The molecule has 10 N–H and O–H groups in total. The largest absolute Gasteiger partial charge is 0.481 e. The lowest BCUT2D eigenvalue weighted by molar-refractivity contribution is -0.137. The number of ether oxygens (including phenoxy) is 2. The van der Waals surface area contributed by atoms with E-state index >= 15 is 0 Å². The van der Waals surface area contributed by atoms with Crippen molar-refractivity contribution in [1.29, 1.82) is 32.5 Å². The maximum atomic E-state index is 13.3. The number of aliphatic imine (C=N–C) groups is 3. The van der Waals surface area contributed by atoms with Crippen LogP contribution in [-0.2, 0) is 23.9 Å². The maximum Gasteiger partial charge on any atom is 0.410 e. The molecule has 6 aromatic rings. The highest BCUT2D eigenvalue weighted by atomic mass is 35.5. The number of amides is 2. The highest BCUT2D eigenvalue weighted by Gasteiger charge is 2.40. The number of thiophene rings is 3. The molecule has 0 unspecified atom stereocenters. The summed E-state index contributed by atoms with van der Waals surface area (Å²) in [6.07, 6.45) is -0.720. The second-order valence-electron chi connectivity index (χ2n) is 30.7. The first-order valence-corrected chi connectivity index (χ1v) is 41.4. The zero-order chi connectivity index (χ0) is 86.4. The molecule has 3 saturated heterocycles. The van der Waals surface area contributed by atoms with E-state index in [1.165, 1.54) is 27.6 Å². The van der Waals surface area contributed by atoms with Gasteiger partial charge in [-0.25, -0.2) is 14.6 Å². The van der Waals surface area contributed by atoms with Crippen LogP contribution in [0.5, 0.6) is 0 Å². The van der Waals surface area contributed by atoms with E-state index in [1.54, 1.807) is 81.0 Å². The number of aryl methyl sites for hydroxylation is 3. The van der Waals surface area contributed by atoms with Gasteiger partial charge in [-0.15, -0.1) is 34.0 Å². The molecular formula is C84H114Cl3FN19O8S3-. The summed E-state index contributed by atoms with van der Waals surface area (Å²) in [6.45, 7) is 37.0. The van der Waals surface area contributed by atoms with E-state index in [9.17, 15) is 33.5 Å². The number of amidine groups is 6. The summed E-state index contributed by atoms with van der Waals surface area (Å²) < 4.78 is 26.2. The van der Waals surface area contributed by atoms with Crippen molar-refractivity contribution in [2.45, 2.75) is 160 Å². The Kier molecular flexibility index (Phi) is 35.0. The number of nitrogens with one attached hydrogen (secondary N) is 7. The number of carboxylic acids is 1. The molecule has 27 nitrogen and oxygen atoms in total. The molecule has 9 heterocycles. The van der Waals surface area contributed by atoms with Crippen LogP contribution in [0, 0.1) is 81.4 Å². The quantitative estimate of drug-likeness (QED) is 0.0224. The van der Waals surface area contributed by atoms with Gasteiger partial charge in [-0.05, 0) is 157 Å². The molecular weight excluding hydrogens is 1620 g/mol. The third kappa shape index (κ3) is 25.1. The molecule has 118 heavy (non-hydrogen) atoms. The standard InChI is InChI=1S/C29H37ClN6O3S.C24H29ClN6OS.C19H19ClN4O2S.C9H19N3O2.CH3F.CH4.CH3/c1-17-18(2)40-27-24(17)25(20-7-9-21(30)10-8-20)33-23(26(32)36(27)19(3)31)15-22(37)16-34-11-13-35(14-12-34)28(38)39-29(4,5)6;1-14-15(2)33-24-21(14)22(17-4-6-18(25)7-5-17)29-20(23(27)31(24)16(3)26)12-19(32)13-30-10-8-28-9-11-30;1-9-10(2)27-19-16(9)17(12-4-6-13(20)7-5-12)23-14(8-15(25)26)18(22)24(19)11(3)21;1-9(2,3)14-8(13)11-4-6-12(10)7-5-11;1-2;;/h7-10,23,31-32H,11-16H2,1-6H3;4-7,20,26-28H,8-13H2,1-3H3;4-7,14,21-22H,8H2,1-3H3,(H,25,26);4-7,10H2,1-3H3;1H3;1H4;1H3/q;;;;;;-1/t23-;20-;14-;;;;/m000..../s1/i;;;;1D;;. The van der Waals surface area contributed by atoms with E-state index in [2.05, 4.69) is 15.2 Å². The van der Waals surface area contributed by atoms with Crippen molar-refractivity contribution >= 4 is 166 Å². The monoisotopic (exact) mass is 1740 g/mol. The SMILES string of the molecule is C.CC(=N)N1C(=N)[C@H](CC(=O)CN2CCN(C(=O)OC(C)(C)C)CC2)N=C(c2ccc(Cl)cc2)c2c1sc(C)c2C.CC(=N)N1C(=N)[C@H](CC(=O)CN2CCNCC2)N=C(c2ccc(Cl)cc2)c2c1sc(C)c2C.CC(=N)N1C(=N)[C@H](CC(=O)O)N=C(c2ccc(Cl)cc2)c2c1sc(C)c2C.CC(C)(C)OC(=O)N1CCN(N)CC1.[2H]CF.[CH3-]. The lowest BCUT2D eigenvalue weighted by Gasteiger charge is -2.35. The molecule has 6 aliphatic heterocycles. The third-order valence-electron chi connectivity index (χ3n) is 19.5. The minimum atomic E-state index is -1.04. The van der Waals surface area contributed by atoms with Gasteiger partial charge >= 0.3 is 18.2 Å². The summed E-state index contributed by atoms with van der Waals surface area (Å²) in [6, 6.07) is 19.8. The van der Waals surface area contributed by atoms with Gasteiger partial charge in [-0.3, -0.25) is 96.5 Å². The van der Waals surface area contributed by atoms with Crippen LogP contribution in [0.2, 0.25) is 15.1 Å². The minimum Gasteiger partial charge on any atom is -0.481 e. The Hall–Kier alpha value is -8.86. The van der Waals surface area contributed by atoms with Crippen LogP contribution >= 0.6 is 68.8 Å². The summed E-state index contributed by atoms with van der Waals surface area (Å²) >= 11 is 22.9. The Morgan fingerprint density at radius 3 is 1.06 bits per heavy atom. The Morgan fingerprint density at radius 2 is 0.788 bits per heavy atom. The predicted octanol–water partition coefficient (Wildman–Crippen LogP) is 16.0. The smallest absolute Gasteiger partial charge is 0.410 e. The van der Waals surface area contributed by atoms with Crippen LogP contribution in [-0.4, -0.2) is 240 Å². The number of carboxylic acid groups (broad SMARTS) is 1. The number of nitrogens with zero attached hydrogens (tertiary/aromatic N) is 11. The minimum absolute atomic E-state index is 0. The lowest BCUT2D eigenvalue weighted by Crippen LogP contribution is -2.52. The summed E-state index contributed by atoms with van der Waals surface area (Å²) in [5, 5.41) is 70.2. The second kappa shape index (κ2) is 42.9. The fourth-order valence-corrected chi connectivity index (χ4v) is 17.5. The molecule has 640 valence electrons. The Morgan fingerprint density at radius 1 is 0.517 bits per heavy atom. The Bertz CT molecular complexity index is 4790. The van der Waals surface area contributed by atoms with Gasteiger partial charge in [0.15, 0.2) is 0 Å². The highest BCUT2D eigenvalue weighted by molar-refractivity contribution is 7.18. The summed E-state index contributed by atoms with van der Waals surface area (Å²) in [4.78, 5) is 92.0. The molecule has 34 heteroatoms. The first kappa shape index (κ1) is 96.3. The van der Waals surface area contributed by atoms with E-state index in [0.717, 1.165) is 112 Å². The number of hydrazine groups is 1. The molecule has 3 aromatic heterocycles. The van der Waals surface area contributed by atoms with Gasteiger partial charge in [-0.1, -0.05) is 78.6 Å². The van der Waals surface area contributed by atoms with Gasteiger partial charge in [0, 0.05) is 154 Å². The zero-order valence-corrected chi connectivity index (χ0v) is 74.1. The van der Waals surface area contributed by atoms with Gasteiger partial charge in [0.1, 0.15) is 90.9 Å². The number of halogens is 4. The number of carbonyl (C=O) groups is 5. The predicted molar refractivity (Wildman–Crippen MR) is 484 cm³/mol. The first-order valence-electron chi connectivity index (χ1n) is 38.6. The van der Waals surface area contributed by atoms with E-state index in [4.69, 9.17) is 93.9 Å². The second-order valence-corrected chi connectivity index (χ2v) is 35.6. The Balaban J connectivity index is 0.000000253. The van der Waals surface area contributed by atoms with Crippen molar-refractivity contribution in [1.82, 2.24) is 29.9 Å². The number of anilines is 3. The fourth-order valence-electron chi connectivity index (χ4n) is 13.4. The van der Waals surface area contributed by atoms with Crippen molar-refractivity contribution in [3.05, 3.63) is 160 Å². The van der Waals surface area contributed by atoms with Crippen LogP contribution in [0.3, 0.4) is 0 Å². The number of carbonyl (C=O) groups excluding carboxylic acids is 4. The lowest BCUT2D eigenvalue weighted by atomic mass is 9.99. The number of ketones is 2. The number of aliphatic carboxylic acids is 1. The fraction of sp³-hybridized carbons (Fsp3) is 0.464. The molecule has 3 fully saturated rings. The third-order valence-corrected chi connectivity index (χ3v) is 23.8. The van der Waals surface area contributed by atoms with Crippen molar-refractivity contribution in [2.24, 2.45) is 20.8 Å². The molecule has 3 aromatic carbocycles. The van der Waals surface area contributed by atoms with Gasteiger partial charge in [0.05, 0.1) is 45.2 Å². The van der Waals surface area contributed by atoms with Crippen molar-refractivity contribution < 1.29 is 44.3 Å². The van der Waals surface area contributed by atoms with Crippen LogP contribution in [0.15, 0.2) is 87.8 Å². The summed E-state index contributed by atoms with van der Waals surface area (Å²) in [7, 11) is -1.00. The zero-order valence-electron chi connectivity index (χ0n) is 70.4. The topological polar surface area (TPSA) is 368 Å². The van der Waals surface area contributed by atoms with E-state index < -0.39 is 42.5 Å². The molecule has 0 spiro atoms. The normalized spacial score (nSPS) is 17.8. The van der Waals surface area contributed by atoms with Crippen LogP contribution < -0.4 is 25.9 Å². The average Bonchev–Trinajstić information content (AvgIpc) is 1.62. The molecule has 12 rings (SSSR count). The van der Waals surface area contributed by atoms with E-state index in [1.807, 2.05) is 137 Å². The number of hydrogen-bond donors (Lipinski definition) is 9. The Labute approximate surface area is 721 Å². The molecule has 0 aliphatic carbocycles. The number of alkyl halides is 1. The summed E-state index contributed by atoms with van der Waals surface area (Å²) in [5.41, 5.74) is 9.42. The van der Waals surface area contributed by atoms with E-state index in [0.29, 0.717) is 85.4 Å². The summed E-state index contributed by atoms with van der Waals surface area (Å²) in [5.74, 6) is 5.45. The van der Waals surface area contributed by atoms with Crippen LogP contribution in [0.4, 0.5) is 29.0 Å². The molecule has 2 amide bonds. The number of nitrogens with two attached hydrogens (primary N) is 1. The molecule has 3 atom stereocenters. The van der Waals surface area contributed by atoms with Crippen LogP contribution in [0.25, 0.3) is 0 Å². The highest BCUT2D eigenvalue weighted by Crippen LogP contribution is 2.44. The number of piperazine rings is 3.